The standard InChI is InChI=1S/C22H26O5/c1-26-21(24)10-4-7-16-6-3-9-18(14-16)19-15-17(12-13-20(19)23)8-5-11-22(25)27-2/h3,6,9,12-15,23H,4-5,7-8,10-11H2,1-2H3. The van der Waals surface area contributed by atoms with Gasteiger partial charge in [0.2, 0.25) is 0 Å². The number of phenols is 1. The second-order valence-corrected chi connectivity index (χ2v) is 6.41. The van der Waals surface area contributed by atoms with Crippen LogP contribution >= 0.6 is 0 Å². The van der Waals surface area contributed by atoms with Gasteiger partial charge in [-0.25, -0.2) is 0 Å². The number of ether oxygens (including phenoxy) is 2. The number of hydrogen-bond acceptors (Lipinski definition) is 5. The lowest BCUT2D eigenvalue weighted by atomic mass is 9.97. The second kappa shape index (κ2) is 10.4. The van der Waals surface area contributed by atoms with Gasteiger partial charge in [0.25, 0.3) is 0 Å². The largest absolute Gasteiger partial charge is 0.507 e. The molecule has 0 spiro atoms. The van der Waals surface area contributed by atoms with Crippen molar-refractivity contribution in [3.8, 4) is 16.9 Å². The van der Waals surface area contributed by atoms with E-state index in [0.29, 0.717) is 19.3 Å². The van der Waals surface area contributed by atoms with Crippen molar-refractivity contribution in [3.63, 3.8) is 0 Å². The van der Waals surface area contributed by atoms with Crippen molar-refractivity contribution < 1.29 is 24.2 Å². The zero-order valence-electron chi connectivity index (χ0n) is 15.9. The van der Waals surface area contributed by atoms with E-state index in [0.717, 1.165) is 41.5 Å². The van der Waals surface area contributed by atoms with Crippen LogP contribution in [0.4, 0.5) is 0 Å². The number of methoxy groups -OCH3 is 2. The van der Waals surface area contributed by atoms with Crippen molar-refractivity contribution in [2.24, 2.45) is 0 Å². The number of aryl methyl sites for hydroxylation is 2. The van der Waals surface area contributed by atoms with Gasteiger partial charge in [0.1, 0.15) is 5.75 Å². The monoisotopic (exact) mass is 370 g/mol. The Bertz CT molecular complexity index is 782. The Labute approximate surface area is 159 Å². The van der Waals surface area contributed by atoms with E-state index in [4.69, 9.17) is 0 Å². The molecule has 0 unspecified atom stereocenters. The Hall–Kier alpha value is -2.82. The van der Waals surface area contributed by atoms with Gasteiger partial charge in [-0.2, -0.15) is 0 Å². The molecule has 0 heterocycles. The summed E-state index contributed by atoms with van der Waals surface area (Å²) in [7, 11) is 2.78. The number of phenolic OH excluding ortho intramolecular Hbond substituents is 1. The van der Waals surface area contributed by atoms with Crippen molar-refractivity contribution in [3.05, 3.63) is 53.6 Å². The SMILES string of the molecule is COC(=O)CCCc1cccc(-c2cc(CCCC(=O)OC)ccc2O)c1. The second-order valence-electron chi connectivity index (χ2n) is 6.41. The van der Waals surface area contributed by atoms with Crippen molar-refractivity contribution in [2.45, 2.75) is 38.5 Å². The quantitative estimate of drug-likeness (QED) is 0.674. The molecule has 2 rings (SSSR count). The molecule has 0 saturated heterocycles. The fraction of sp³-hybridized carbons (Fsp3) is 0.364. The van der Waals surface area contributed by atoms with E-state index >= 15 is 0 Å². The average Bonchev–Trinajstić information content (AvgIpc) is 2.69. The fourth-order valence-electron chi connectivity index (χ4n) is 2.94. The summed E-state index contributed by atoms with van der Waals surface area (Å²) >= 11 is 0. The van der Waals surface area contributed by atoms with E-state index in [1.807, 2.05) is 36.4 Å². The first-order chi connectivity index (χ1) is 13.0. The van der Waals surface area contributed by atoms with Crippen LogP contribution in [0.3, 0.4) is 0 Å². The molecule has 1 N–H and O–H groups in total. The van der Waals surface area contributed by atoms with Gasteiger partial charge in [-0.15, -0.1) is 0 Å². The van der Waals surface area contributed by atoms with Gasteiger partial charge in [-0.3, -0.25) is 9.59 Å². The minimum Gasteiger partial charge on any atom is -0.507 e. The summed E-state index contributed by atoms with van der Waals surface area (Å²) in [4.78, 5) is 22.5. The summed E-state index contributed by atoms with van der Waals surface area (Å²) in [5, 5.41) is 10.3. The molecule has 2 aromatic rings. The summed E-state index contributed by atoms with van der Waals surface area (Å²) in [6.07, 6.45) is 3.69. The van der Waals surface area contributed by atoms with Crippen molar-refractivity contribution in [1.82, 2.24) is 0 Å². The topological polar surface area (TPSA) is 72.8 Å². The third kappa shape index (κ3) is 6.44. The lowest BCUT2D eigenvalue weighted by Gasteiger charge is -2.10. The molecule has 0 radical (unpaired) electrons. The molecule has 27 heavy (non-hydrogen) atoms. The predicted molar refractivity (Wildman–Crippen MR) is 103 cm³/mol. The summed E-state index contributed by atoms with van der Waals surface area (Å²) < 4.78 is 9.32. The molecule has 2 aromatic carbocycles. The molecular formula is C22H26O5. The van der Waals surface area contributed by atoms with Gasteiger partial charge < -0.3 is 14.6 Å². The van der Waals surface area contributed by atoms with Gasteiger partial charge in [-0.1, -0.05) is 30.3 Å². The molecule has 0 aliphatic heterocycles. The van der Waals surface area contributed by atoms with Crippen LogP contribution in [0.15, 0.2) is 42.5 Å². The van der Waals surface area contributed by atoms with Crippen LogP contribution in [0.5, 0.6) is 5.75 Å². The van der Waals surface area contributed by atoms with Crippen LogP contribution in [0, 0.1) is 0 Å². The van der Waals surface area contributed by atoms with Crippen LogP contribution in [-0.2, 0) is 31.9 Å². The maximum Gasteiger partial charge on any atom is 0.305 e. The summed E-state index contributed by atoms with van der Waals surface area (Å²) in [6.45, 7) is 0. The number of rotatable bonds is 9. The third-order valence-electron chi connectivity index (χ3n) is 4.45. The Morgan fingerprint density at radius 2 is 1.44 bits per heavy atom. The zero-order valence-corrected chi connectivity index (χ0v) is 15.9. The predicted octanol–water partition coefficient (Wildman–Crippen LogP) is 4.05. The Morgan fingerprint density at radius 1 is 0.852 bits per heavy atom. The molecule has 144 valence electrons. The first-order valence-electron chi connectivity index (χ1n) is 9.08. The van der Waals surface area contributed by atoms with Crippen LogP contribution in [-0.4, -0.2) is 31.3 Å². The molecule has 0 aromatic heterocycles. The third-order valence-corrected chi connectivity index (χ3v) is 4.45. The fourth-order valence-corrected chi connectivity index (χ4v) is 2.94. The lowest BCUT2D eigenvalue weighted by Crippen LogP contribution is -2.00. The van der Waals surface area contributed by atoms with Crippen LogP contribution in [0.1, 0.15) is 36.8 Å². The van der Waals surface area contributed by atoms with Crippen molar-refractivity contribution >= 4 is 11.9 Å². The number of hydrogen-bond donors (Lipinski definition) is 1. The van der Waals surface area contributed by atoms with Crippen LogP contribution < -0.4 is 0 Å². The van der Waals surface area contributed by atoms with Crippen molar-refractivity contribution in [2.75, 3.05) is 14.2 Å². The number of carbonyl (C=O) groups excluding carboxylic acids is 2. The highest BCUT2D eigenvalue weighted by Crippen LogP contribution is 2.31. The van der Waals surface area contributed by atoms with E-state index in [1.54, 1.807) is 6.07 Å². The summed E-state index contributed by atoms with van der Waals surface area (Å²) in [6, 6.07) is 13.5. The molecular weight excluding hydrogens is 344 g/mol. The molecule has 5 nitrogen and oxygen atoms in total. The summed E-state index contributed by atoms with van der Waals surface area (Å²) in [5.74, 6) is -0.199. The maximum absolute atomic E-state index is 11.2. The molecule has 0 aliphatic rings. The smallest absolute Gasteiger partial charge is 0.305 e. The maximum atomic E-state index is 11.2. The first kappa shape index (κ1) is 20.5. The van der Waals surface area contributed by atoms with E-state index in [9.17, 15) is 14.7 Å². The Balaban J connectivity index is 2.07. The average molecular weight is 370 g/mol. The van der Waals surface area contributed by atoms with Crippen molar-refractivity contribution in [1.29, 1.82) is 0 Å². The van der Waals surface area contributed by atoms with Gasteiger partial charge in [0.05, 0.1) is 14.2 Å². The minimum absolute atomic E-state index is 0.205. The lowest BCUT2D eigenvalue weighted by molar-refractivity contribution is -0.141. The molecule has 0 saturated carbocycles. The van der Waals surface area contributed by atoms with Gasteiger partial charge in [0.15, 0.2) is 0 Å². The first-order valence-corrected chi connectivity index (χ1v) is 9.08. The zero-order chi connectivity index (χ0) is 19.6. The normalized spacial score (nSPS) is 10.4. The highest BCUT2D eigenvalue weighted by molar-refractivity contribution is 5.72. The van der Waals surface area contributed by atoms with Crippen LogP contribution in [0.25, 0.3) is 11.1 Å². The van der Waals surface area contributed by atoms with E-state index < -0.39 is 0 Å². The molecule has 0 aliphatic carbocycles. The molecule has 0 bridgehead atoms. The highest BCUT2D eigenvalue weighted by atomic mass is 16.5. The van der Waals surface area contributed by atoms with E-state index in [2.05, 4.69) is 9.47 Å². The van der Waals surface area contributed by atoms with Crippen LogP contribution in [0.2, 0.25) is 0 Å². The Morgan fingerprint density at radius 3 is 2.04 bits per heavy atom. The number of carbonyl (C=O) groups is 2. The van der Waals surface area contributed by atoms with Gasteiger partial charge >= 0.3 is 11.9 Å². The number of esters is 2. The minimum atomic E-state index is -0.214. The van der Waals surface area contributed by atoms with E-state index in [1.165, 1.54) is 14.2 Å². The molecule has 0 amide bonds. The molecule has 5 heteroatoms. The number of benzene rings is 2. The van der Waals surface area contributed by atoms with E-state index in [-0.39, 0.29) is 17.7 Å². The highest BCUT2D eigenvalue weighted by Gasteiger charge is 2.08. The summed E-state index contributed by atoms with van der Waals surface area (Å²) in [5.41, 5.74) is 3.85. The van der Waals surface area contributed by atoms with Gasteiger partial charge in [-0.05, 0) is 54.5 Å². The Kier molecular flexibility index (Phi) is 7.86. The molecule has 0 fully saturated rings. The number of aromatic hydroxyl groups is 1. The van der Waals surface area contributed by atoms with Gasteiger partial charge in [0, 0.05) is 18.4 Å². The molecule has 0 atom stereocenters.